The smallest absolute Gasteiger partial charge is 0.270 e. The maximum absolute atomic E-state index is 13.8. The predicted molar refractivity (Wildman–Crippen MR) is 128 cm³/mol. The van der Waals surface area contributed by atoms with E-state index in [1.807, 2.05) is 19.1 Å². The van der Waals surface area contributed by atoms with Crippen molar-refractivity contribution in [2.45, 2.75) is 97.2 Å². The molecule has 1 aromatic rings. The number of rotatable bonds is 8. The van der Waals surface area contributed by atoms with Crippen molar-refractivity contribution < 1.29 is 19.1 Å². The standard InChI is InChI=1S/C26H40N2O4/c1-18(2)28(20-12-8-7-9-13-20)24(29)21-17-22-23(16-19(21)3)32-26(4,5)25(30)27(22)14-10-11-15-31-6/h16-18,20H,7-15H2,1-6H3. The van der Waals surface area contributed by atoms with Crippen LogP contribution in [0.3, 0.4) is 0 Å². The van der Waals surface area contributed by atoms with Crippen molar-refractivity contribution >= 4 is 17.5 Å². The second-order valence-electron chi connectivity index (χ2n) is 10.0. The number of unbranched alkanes of at least 4 members (excludes halogenated alkanes) is 1. The van der Waals surface area contributed by atoms with Crippen LogP contribution in [0.4, 0.5) is 5.69 Å². The first-order valence-electron chi connectivity index (χ1n) is 12.1. The average Bonchev–Trinajstić information content (AvgIpc) is 2.73. The molecule has 6 heteroatoms. The molecule has 1 aromatic carbocycles. The van der Waals surface area contributed by atoms with Crippen molar-refractivity contribution in [2.24, 2.45) is 0 Å². The van der Waals surface area contributed by atoms with Gasteiger partial charge < -0.3 is 19.3 Å². The Balaban J connectivity index is 1.96. The minimum Gasteiger partial charge on any atom is -0.476 e. The number of methoxy groups -OCH3 is 1. The molecule has 1 saturated carbocycles. The van der Waals surface area contributed by atoms with Gasteiger partial charge in [-0.25, -0.2) is 0 Å². The van der Waals surface area contributed by atoms with Gasteiger partial charge in [0, 0.05) is 37.9 Å². The summed E-state index contributed by atoms with van der Waals surface area (Å²) in [5.41, 5.74) is 1.33. The van der Waals surface area contributed by atoms with E-state index in [4.69, 9.17) is 9.47 Å². The van der Waals surface area contributed by atoms with Crippen LogP contribution >= 0.6 is 0 Å². The molecule has 0 atom stereocenters. The Bertz CT molecular complexity index is 827. The zero-order chi connectivity index (χ0) is 23.5. The molecule has 0 N–H and O–H groups in total. The lowest BCUT2D eigenvalue weighted by atomic mass is 9.92. The van der Waals surface area contributed by atoms with Crippen LogP contribution in [0, 0.1) is 6.92 Å². The van der Waals surface area contributed by atoms with Gasteiger partial charge in [-0.1, -0.05) is 19.3 Å². The van der Waals surface area contributed by atoms with Crippen LogP contribution in [0.25, 0.3) is 0 Å². The SMILES string of the molecule is COCCCCN1C(=O)C(C)(C)Oc2cc(C)c(C(=O)N(C(C)C)C3CCCCC3)cc21. The molecule has 0 bridgehead atoms. The maximum atomic E-state index is 13.8. The number of aryl methyl sites for hydroxylation is 1. The third-order valence-corrected chi connectivity index (χ3v) is 6.69. The summed E-state index contributed by atoms with van der Waals surface area (Å²) < 4.78 is 11.3. The zero-order valence-electron chi connectivity index (χ0n) is 20.7. The normalized spacial score (nSPS) is 18.5. The highest BCUT2D eigenvalue weighted by atomic mass is 16.5. The Morgan fingerprint density at radius 1 is 1.22 bits per heavy atom. The van der Waals surface area contributed by atoms with Crippen molar-refractivity contribution in [1.29, 1.82) is 0 Å². The fourth-order valence-electron chi connectivity index (χ4n) is 5.00. The van der Waals surface area contributed by atoms with Crippen LogP contribution < -0.4 is 9.64 Å². The van der Waals surface area contributed by atoms with Crippen LogP contribution in [0.5, 0.6) is 5.75 Å². The van der Waals surface area contributed by atoms with Crippen molar-refractivity contribution in [3.8, 4) is 5.75 Å². The van der Waals surface area contributed by atoms with Crippen LogP contribution in [-0.4, -0.2) is 54.7 Å². The summed E-state index contributed by atoms with van der Waals surface area (Å²) in [5, 5.41) is 0. The molecule has 1 heterocycles. The quantitative estimate of drug-likeness (QED) is 0.523. The van der Waals surface area contributed by atoms with E-state index in [2.05, 4.69) is 18.7 Å². The maximum Gasteiger partial charge on any atom is 0.270 e. The number of ether oxygens (including phenoxy) is 2. The lowest BCUT2D eigenvalue weighted by Crippen LogP contribution is -2.53. The van der Waals surface area contributed by atoms with E-state index >= 15 is 0 Å². The molecule has 0 radical (unpaired) electrons. The highest BCUT2D eigenvalue weighted by Gasteiger charge is 2.41. The lowest BCUT2D eigenvalue weighted by Gasteiger charge is -2.40. The molecular formula is C26H40N2O4. The summed E-state index contributed by atoms with van der Waals surface area (Å²) in [6.45, 7) is 11.0. The summed E-state index contributed by atoms with van der Waals surface area (Å²) in [4.78, 5) is 30.8. The second kappa shape index (κ2) is 10.2. The van der Waals surface area contributed by atoms with Crippen molar-refractivity contribution in [3.05, 3.63) is 23.3 Å². The molecule has 6 nitrogen and oxygen atoms in total. The predicted octanol–water partition coefficient (Wildman–Crippen LogP) is 5.11. The highest BCUT2D eigenvalue weighted by molar-refractivity contribution is 6.05. The Kier molecular flexibility index (Phi) is 7.86. The van der Waals surface area contributed by atoms with Crippen LogP contribution in [-0.2, 0) is 9.53 Å². The van der Waals surface area contributed by atoms with Crippen LogP contribution in [0.1, 0.15) is 88.6 Å². The summed E-state index contributed by atoms with van der Waals surface area (Å²) in [6.07, 6.45) is 7.43. The molecule has 0 unspecified atom stereocenters. The van der Waals surface area contributed by atoms with Gasteiger partial charge in [-0.15, -0.1) is 0 Å². The first-order valence-corrected chi connectivity index (χ1v) is 12.1. The molecule has 1 aliphatic carbocycles. The van der Waals surface area contributed by atoms with Gasteiger partial charge in [-0.05, 0) is 78.0 Å². The van der Waals surface area contributed by atoms with Gasteiger partial charge in [0.05, 0.1) is 5.69 Å². The highest BCUT2D eigenvalue weighted by Crippen LogP contribution is 2.40. The van der Waals surface area contributed by atoms with Gasteiger partial charge in [0.2, 0.25) is 0 Å². The van der Waals surface area contributed by atoms with E-state index in [-0.39, 0.29) is 23.9 Å². The molecule has 2 amide bonds. The fourth-order valence-corrected chi connectivity index (χ4v) is 5.00. The average molecular weight is 445 g/mol. The molecule has 178 valence electrons. The van der Waals surface area contributed by atoms with E-state index in [0.29, 0.717) is 30.2 Å². The second-order valence-corrected chi connectivity index (χ2v) is 10.0. The number of carbonyl (C=O) groups is 2. The number of hydrogen-bond acceptors (Lipinski definition) is 4. The zero-order valence-corrected chi connectivity index (χ0v) is 20.7. The topological polar surface area (TPSA) is 59.1 Å². The van der Waals surface area contributed by atoms with Gasteiger partial charge in [0.1, 0.15) is 5.75 Å². The number of hydrogen-bond donors (Lipinski definition) is 0. The number of benzene rings is 1. The molecule has 0 saturated heterocycles. The minimum atomic E-state index is -0.932. The molecule has 0 spiro atoms. The Hall–Kier alpha value is -2.08. The van der Waals surface area contributed by atoms with E-state index in [9.17, 15) is 9.59 Å². The summed E-state index contributed by atoms with van der Waals surface area (Å²) in [7, 11) is 1.69. The fraction of sp³-hybridized carbons (Fsp3) is 0.692. The summed E-state index contributed by atoms with van der Waals surface area (Å²) in [5.74, 6) is 0.658. The van der Waals surface area contributed by atoms with Gasteiger partial charge in [-0.3, -0.25) is 9.59 Å². The summed E-state index contributed by atoms with van der Waals surface area (Å²) >= 11 is 0. The van der Waals surface area contributed by atoms with Gasteiger partial charge >= 0.3 is 0 Å². The molecule has 3 rings (SSSR count). The number of carbonyl (C=O) groups excluding carboxylic acids is 2. The summed E-state index contributed by atoms with van der Waals surface area (Å²) in [6, 6.07) is 4.23. The largest absolute Gasteiger partial charge is 0.476 e. The van der Waals surface area contributed by atoms with Crippen LogP contribution in [0.2, 0.25) is 0 Å². The number of amides is 2. The third-order valence-electron chi connectivity index (χ3n) is 6.69. The molecule has 1 aliphatic heterocycles. The van der Waals surface area contributed by atoms with Gasteiger partial charge in [0.25, 0.3) is 11.8 Å². The van der Waals surface area contributed by atoms with Crippen molar-refractivity contribution in [3.63, 3.8) is 0 Å². The molecular weight excluding hydrogens is 404 g/mol. The number of nitrogens with zero attached hydrogens (tertiary/aromatic N) is 2. The Morgan fingerprint density at radius 2 is 1.91 bits per heavy atom. The first-order chi connectivity index (χ1) is 15.2. The number of anilines is 1. The first kappa shape index (κ1) is 24.6. The van der Waals surface area contributed by atoms with E-state index in [1.54, 1.807) is 25.9 Å². The Labute approximate surface area is 193 Å². The monoisotopic (exact) mass is 444 g/mol. The minimum absolute atomic E-state index is 0.0591. The van der Waals surface area contributed by atoms with E-state index < -0.39 is 5.60 Å². The van der Waals surface area contributed by atoms with Crippen molar-refractivity contribution in [2.75, 3.05) is 25.2 Å². The number of fused-ring (bicyclic) bond motifs is 1. The van der Waals surface area contributed by atoms with Gasteiger partial charge in [0.15, 0.2) is 5.60 Å². The van der Waals surface area contributed by atoms with E-state index in [0.717, 1.165) is 31.2 Å². The third kappa shape index (κ3) is 5.11. The van der Waals surface area contributed by atoms with Crippen molar-refractivity contribution in [1.82, 2.24) is 4.90 Å². The molecule has 32 heavy (non-hydrogen) atoms. The van der Waals surface area contributed by atoms with Crippen LogP contribution in [0.15, 0.2) is 12.1 Å². The molecule has 1 fully saturated rings. The van der Waals surface area contributed by atoms with Gasteiger partial charge in [-0.2, -0.15) is 0 Å². The Morgan fingerprint density at radius 3 is 2.53 bits per heavy atom. The molecule has 0 aromatic heterocycles. The lowest BCUT2D eigenvalue weighted by molar-refractivity contribution is -0.132. The van der Waals surface area contributed by atoms with E-state index in [1.165, 1.54) is 19.3 Å². The molecule has 2 aliphatic rings.